The lowest BCUT2D eigenvalue weighted by atomic mass is 10.1. The van der Waals surface area contributed by atoms with Crippen LogP contribution in [0.5, 0.6) is 0 Å². The van der Waals surface area contributed by atoms with E-state index in [1.807, 2.05) is 0 Å². The van der Waals surface area contributed by atoms with Gasteiger partial charge in [0.25, 0.3) is 0 Å². The third-order valence-electron chi connectivity index (χ3n) is 5.55. The van der Waals surface area contributed by atoms with Crippen molar-refractivity contribution in [1.82, 2.24) is 29.1 Å². The second-order valence-corrected chi connectivity index (χ2v) is 8.00. The Morgan fingerprint density at radius 2 is 1.82 bits per heavy atom. The lowest BCUT2D eigenvalue weighted by Gasteiger charge is -2.07. The highest BCUT2D eigenvalue weighted by Gasteiger charge is 2.28. The highest BCUT2D eigenvalue weighted by molar-refractivity contribution is 5.70. The highest BCUT2D eigenvalue weighted by Crippen LogP contribution is 2.39. The molecule has 8 nitrogen and oxygen atoms in total. The van der Waals surface area contributed by atoms with Gasteiger partial charge in [-0.2, -0.15) is 15.1 Å². The number of halogens is 2. The van der Waals surface area contributed by atoms with Gasteiger partial charge in [0, 0.05) is 24.4 Å². The first-order valence-electron chi connectivity index (χ1n) is 10.4. The first-order valence-corrected chi connectivity index (χ1v) is 10.4. The summed E-state index contributed by atoms with van der Waals surface area (Å²) in [5.74, 6) is -1.67. The normalized spacial score (nSPS) is 13.7. The van der Waals surface area contributed by atoms with Gasteiger partial charge in [0.15, 0.2) is 17.2 Å². The Morgan fingerprint density at radius 3 is 2.55 bits per heavy atom. The summed E-state index contributed by atoms with van der Waals surface area (Å²) in [6.07, 6.45) is 6.72. The van der Waals surface area contributed by atoms with Crippen LogP contribution in [0.3, 0.4) is 0 Å². The van der Waals surface area contributed by atoms with E-state index in [4.69, 9.17) is 4.42 Å². The fourth-order valence-corrected chi connectivity index (χ4v) is 3.78. The van der Waals surface area contributed by atoms with Gasteiger partial charge in [-0.1, -0.05) is 0 Å². The van der Waals surface area contributed by atoms with Crippen LogP contribution in [0.25, 0.3) is 34.4 Å². The molecule has 6 rings (SSSR count). The SMILES string of the molecule is Cc1cc(F)c(-c2oc(-c3ccn4nccc4n3)nc2-n2ccc(C3CC3)nc2=O)c(F)c1. The monoisotopic (exact) mass is 446 g/mol. The zero-order valence-corrected chi connectivity index (χ0v) is 17.4. The Kier molecular flexibility index (Phi) is 4.22. The standard InChI is InChI=1S/C23H16F2N6O2/c1-12-10-14(24)19(15(25)11-12)20-21(30-8-5-16(13-2-3-13)28-23(30)32)29-22(33-20)17-6-9-31-18(27-17)4-7-26-31/h4-11,13H,2-3H2,1H3. The van der Waals surface area contributed by atoms with Gasteiger partial charge in [0.2, 0.25) is 5.89 Å². The molecule has 0 aliphatic heterocycles. The van der Waals surface area contributed by atoms with Crippen molar-refractivity contribution in [2.45, 2.75) is 25.7 Å². The summed E-state index contributed by atoms with van der Waals surface area (Å²) in [7, 11) is 0. The molecule has 1 aromatic carbocycles. The molecule has 33 heavy (non-hydrogen) atoms. The molecule has 10 heteroatoms. The van der Waals surface area contributed by atoms with E-state index in [0.717, 1.165) is 17.4 Å². The number of rotatable bonds is 4. The number of hydrogen-bond donors (Lipinski definition) is 0. The second-order valence-electron chi connectivity index (χ2n) is 8.00. The predicted molar refractivity (Wildman–Crippen MR) is 114 cm³/mol. The minimum atomic E-state index is -0.828. The summed E-state index contributed by atoms with van der Waals surface area (Å²) in [5.41, 5.74) is 0.941. The van der Waals surface area contributed by atoms with Gasteiger partial charge >= 0.3 is 5.69 Å². The average molecular weight is 446 g/mol. The third-order valence-corrected chi connectivity index (χ3v) is 5.55. The Morgan fingerprint density at radius 1 is 1.03 bits per heavy atom. The van der Waals surface area contributed by atoms with Crippen molar-refractivity contribution in [1.29, 1.82) is 0 Å². The molecule has 1 aliphatic carbocycles. The average Bonchev–Trinajstić information content (AvgIpc) is 3.37. The topological polar surface area (TPSA) is 91.1 Å². The van der Waals surface area contributed by atoms with Crippen LogP contribution in [0.15, 0.2) is 58.1 Å². The quantitative estimate of drug-likeness (QED) is 0.414. The molecule has 0 unspecified atom stereocenters. The largest absolute Gasteiger partial charge is 0.432 e. The molecule has 0 spiro atoms. The first-order chi connectivity index (χ1) is 16.0. The maximum absolute atomic E-state index is 14.9. The number of nitrogens with zero attached hydrogens (tertiary/aromatic N) is 6. The maximum atomic E-state index is 14.9. The summed E-state index contributed by atoms with van der Waals surface area (Å²) in [4.78, 5) is 25.8. The van der Waals surface area contributed by atoms with Crippen LogP contribution >= 0.6 is 0 Å². The van der Waals surface area contributed by atoms with Gasteiger partial charge in [-0.25, -0.2) is 27.6 Å². The molecule has 1 fully saturated rings. The smallest absolute Gasteiger partial charge is 0.353 e. The van der Waals surface area contributed by atoms with E-state index in [1.54, 1.807) is 42.0 Å². The van der Waals surface area contributed by atoms with Crippen molar-refractivity contribution in [3.8, 4) is 28.7 Å². The number of benzene rings is 1. The minimum Gasteiger partial charge on any atom is -0.432 e. The van der Waals surface area contributed by atoms with E-state index in [2.05, 4.69) is 20.1 Å². The van der Waals surface area contributed by atoms with Gasteiger partial charge in [-0.05, 0) is 49.6 Å². The van der Waals surface area contributed by atoms with Gasteiger partial charge in [0.1, 0.15) is 17.3 Å². The number of aromatic nitrogens is 6. The number of fused-ring (bicyclic) bond motifs is 1. The fraction of sp³-hybridized carbons (Fsp3) is 0.174. The first kappa shape index (κ1) is 19.5. The summed E-state index contributed by atoms with van der Waals surface area (Å²) < 4.78 is 38.3. The van der Waals surface area contributed by atoms with Gasteiger partial charge in [0.05, 0.1) is 17.5 Å². The van der Waals surface area contributed by atoms with Crippen LogP contribution in [0.4, 0.5) is 8.78 Å². The second kappa shape index (κ2) is 7.16. The number of oxazole rings is 1. The summed E-state index contributed by atoms with van der Waals surface area (Å²) in [5, 5.41) is 4.09. The van der Waals surface area contributed by atoms with Crippen LogP contribution < -0.4 is 5.69 Å². The van der Waals surface area contributed by atoms with Gasteiger partial charge in [-0.3, -0.25) is 0 Å². The number of aryl methyl sites for hydroxylation is 1. The molecular formula is C23H16F2N6O2. The molecule has 0 saturated heterocycles. The summed E-state index contributed by atoms with van der Waals surface area (Å²) >= 11 is 0. The van der Waals surface area contributed by atoms with Gasteiger partial charge in [-0.15, -0.1) is 0 Å². The van der Waals surface area contributed by atoms with Crippen LogP contribution in [-0.2, 0) is 0 Å². The van der Waals surface area contributed by atoms with Gasteiger partial charge < -0.3 is 4.42 Å². The van der Waals surface area contributed by atoms with E-state index in [0.29, 0.717) is 22.6 Å². The Balaban J connectivity index is 1.58. The minimum absolute atomic E-state index is 0.00115. The van der Waals surface area contributed by atoms with Crippen LogP contribution in [0.2, 0.25) is 0 Å². The van der Waals surface area contributed by atoms with Crippen LogP contribution in [0.1, 0.15) is 30.0 Å². The Hall–Kier alpha value is -4.21. The molecule has 164 valence electrons. The van der Waals surface area contributed by atoms with Crippen molar-refractivity contribution >= 4 is 5.65 Å². The molecule has 4 heterocycles. The van der Waals surface area contributed by atoms with Crippen molar-refractivity contribution < 1.29 is 13.2 Å². The molecule has 1 aliphatic rings. The van der Waals surface area contributed by atoms with E-state index in [-0.39, 0.29) is 23.4 Å². The lowest BCUT2D eigenvalue weighted by molar-refractivity contribution is 0.549. The molecule has 0 atom stereocenters. The zero-order chi connectivity index (χ0) is 22.7. The van der Waals surface area contributed by atoms with Crippen molar-refractivity contribution in [3.05, 3.63) is 82.3 Å². The molecule has 0 radical (unpaired) electrons. The molecule has 0 amide bonds. The van der Waals surface area contributed by atoms with E-state index < -0.39 is 22.9 Å². The molecule has 0 N–H and O–H groups in total. The van der Waals surface area contributed by atoms with Crippen LogP contribution in [0, 0.1) is 18.6 Å². The zero-order valence-electron chi connectivity index (χ0n) is 17.4. The third kappa shape index (κ3) is 3.30. The Labute approximate surface area is 185 Å². The number of hydrogen-bond acceptors (Lipinski definition) is 6. The predicted octanol–water partition coefficient (Wildman–Crippen LogP) is 4.06. The maximum Gasteiger partial charge on any atom is 0.353 e. The van der Waals surface area contributed by atoms with Crippen molar-refractivity contribution in [3.63, 3.8) is 0 Å². The van der Waals surface area contributed by atoms with Crippen molar-refractivity contribution in [2.24, 2.45) is 0 Å². The molecular weight excluding hydrogens is 430 g/mol. The Bertz CT molecular complexity index is 1580. The van der Waals surface area contributed by atoms with Crippen LogP contribution in [-0.4, -0.2) is 29.1 Å². The van der Waals surface area contributed by atoms with Crippen molar-refractivity contribution in [2.75, 3.05) is 0 Å². The van der Waals surface area contributed by atoms with E-state index in [1.165, 1.54) is 18.3 Å². The summed E-state index contributed by atoms with van der Waals surface area (Å²) in [6.45, 7) is 1.58. The molecule has 4 aromatic heterocycles. The molecule has 0 bridgehead atoms. The molecule has 5 aromatic rings. The van der Waals surface area contributed by atoms with E-state index in [9.17, 15) is 13.6 Å². The highest BCUT2D eigenvalue weighted by atomic mass is 19.1. The molecule has 1 saturated carbocycles. The van der Waals surface area contributed by atoms with E-state index >= 15 is 0 Å². The summed E-state index contributed by atoms with van der Waals surface area (Å²) in [6, 6.07) is 7.41. The lowest BCUT2D eigenvalue weighted by Crippen LogP contribution is -2.22. The fourth-order valence-electron chi connectivity index (χ4n) is 3.78.